The van der Waals surface area contributed by atoms with Gasteiger partial charge in [0.1, 0.15) is 5.69 Å². The monoisotopic (exact) mass is 198 g/mol. The molecule has 0 spiro atoms. The molecule has 2 rings (SSSR count). The number of nitrogens with zero attached hydrogens (tertiary/aromatic N) is 1. The van der Waals surface area contributed by atoms with Gasteiger partial charge in [0.15, 0.2) is 0 Å². The standard InChI is InChI=1S/C9H11ClN2O/c1-11-9(13)8-7(10)5-6-3-2-4-12(6)8/h5H,2-4H2,1H3,(H,11,13). The molecule has 3 nitrogen and oxygen atoms in total. The second kappa shape index (κ2) is 3.07. The van der Waals surface area contributed by atoms with Crippen LogP contribution in [0.5, 0.6) is 0 Å². The number of halogens is 1. The third kappa shape index (κ3) is 1.23. The summed E-state index contributed by atoms with van der Waals surface area (Å²) in [4.78, 5) is 11.4. The van der Waals surface area contributed by atoms with E-state index in [-0.39, 0.29) is 5.91 Å². The lowest BCUT2D eigenvalue weighted by atomic mass is 10.3. The SMILES string of the molecule is CNC(=O)c1c(Cl)cc2n1CCC2. The highest BCUT2D eigenvalue weighted by atomic mass is 35.5. The summed E-state index contributed by atoms with van der Waals surface area (Å²) >= 11 is 5.95. The van der Waals surface area contributed by atoms with Crippen LogP contribution in [0.15, 0.2) is 6.07 Å². The number of amides is 1. The molecule has 0 saturated heterocycles. The first-order chi connectivity index (χ1) is 6.24. The minimum atomic E-state index is -0.0989. The highest BCUT2D eigenvalue weighted by Crippen LogP contribution is 2.26. The summed E-state index contributed by atoms with van der Waals surface area (Å²) in [7, 11) is 1.62. The van der Waals surface area contributed by atoms with Crippen LogP contribution in [-0.4, -0.2) is 17.5 Å². The molecule has 13 heavy (non-hydrogen) atoms. The van der Waals surface area contributed by atoms with Crippen LogP contribution in [-0.2, 0) is 13.0 Å². The average Bonchev–Trinajstić information content (AvgIpc) is 2.62. The molecule has 1 aliphatic heterocycles. The van der Waals surface area contributed by atoms with E-state index < -0.39 is 0 Å². The van der Waals surface area contributed by atoms with Crippen LogP contribution in [0.1, 0.15) is 22.6 Å². The maximum atomic E-state index is 11.4. The van der Waals surface area contributed by atoms with Gasteiger partial charge in [0.2, 0.25) is 0 Å². The Labute approximate surface area is 81.7 Å². The molecule has 0 atom stereocenters. The van der Waals surface area contributed by atoms with Gasteiger partial charge in [-0.3, -0.25) is 4.79 Å². The van der Waals surface area contributed by atoms with Gasteiger partial charge in [-0.1, -0.05) is 11.6 Å². The van der Waals surface area contributed by atoms with Crippen LogP contribution in [0.4, 0.5) is 0 Å². The normalized spacial score (nSPS) is 14.3. The van der Waals surface area contributed by atoms with E-state index in [9.17, 15) is 4.79 Å². The van der Waals surface area contributed by atoms with E-state index >= 15 is 0 Å². The number of hydrogen-bond acceptors (Lipinski definition) is 1. The van der Waals surface area contributed by atoms with Crippen molar-refractivity contribution in [3.05, 3.63) is 22.5 Å². The topological polar surface area (TPSA) is 34.0 Å². The summed E-state index contributed by atoms with van der Waals surface area (Å²) in [6.45, 7) is 0.908. The summed E-state index contributed by atoms with van der Waals surface area (Å²) in [6, 6.07) is 1.89. The molecule has 70 valence electrons. The van der Waals surface area contributed by atoms with Gasteiger partial charge >= 0.3 is 0 Å². The van der Waals surface area contributed by atoms with Crippen molar-refractivity contribution < 1.29 is 4.79 Å². The second-order valence-electron chi connectivity index (χ2n) is 3.17. The lowest BCUT2D eigenvalue weighted by Gasteiger charge is -2.04. The number of aromatic nitrogens is 1. The first-order valence-corrected chi connectivity index (χ1v) is 4.72. The zero-order valence-electron chi connectivity index (χ0n) is 7.43. The Morgan fingerprint density at radius 3 is 3.15 bits per heavy atom. The van der Waals surface area contributed by atoms with E-state index in [4.69, 9.17) is 11.6 Å². The fraction of sp³-hybridized carbons (Fsp3) is 0.444. The minimum Gasteiger partial charge on any atom is -0.354 e. The van der Waals surface area contributed by atoms with Crippen molar-refractivity contribution in [2.24, 2.45) is 0 Å². The third-order valence-electron chi connectivity index (χ3n) is 2.39. The molecule has 1 aliphatic rings. The Hall–Kier alpha value is -0.960. The van der Waals surface area contributed by atoms with E-state index in [0.717, 1.165) is 19.4 Å². The van der Waals surface area contributed by atoms with E-state index in [1.165, 1.54) is 5.69 Å². The van der Waals surface area contributed by atoms with Crippen molar-refractivity contribution >= 4 is 17.5 Å². The lowest BCUT2D eigenvalue weighted by Crippen LogP contribution is -2.21. The Morgan fingerprint density at radius 2 is 2.46 bits per heavy atom. The molecule has 2 heterocycles. The molecule has 1 N–H and O–H groups in total. The summed E-state index contributed by atoms with van der Waals surface area (Å²) in [5.74, 6) is -0.0989. The molecule has 0 aromatic carbocycles. The number of hydrogen-bond donors (Lipinski definition) is 1. The molecular formula is C9H11ClN2O. The van der Waals surface area contributed by atoms with Gasteiger partial charge in [0.05, 0.1) is 5.02 Å². The van der Waals surface area contributed by atoms with Gasteiger partial charge in [-0.05, 0) is 18.9 Å². The number of carbonyl (C=O) groups is 1. The van der Waals surface area contributed by atoms with Crippen LogP contribution in [0, 0.1) is 0 Å². The van der Waals surface area contributed by atoms with Crippen molar-refractivity contribution in [2.75, 3.05) is 7.05 Å². The predicted octanol–water partition coefficient (Wildman–Crippen LogP) is 1.45. The Balaban J connectivity index is 2.50. The average molecular weight is 199 g/mol. The predicted molar refractivity (Wildman–Crippen MR) is 51.2 cm³/mol. The van der Waals surface area contributed by atoms with Gasteiger partial charge < -0.3 is 9.88 Å². The summed E-state index contributed by atoms with van der Waals surface area (Å²) in [5.41, 5.74) is 1.78. The number of nitrogens with one attached hydrogen (secondary N) is 1. The highest BCUT2D eigenvalue weighted by molar-refractivity contribution is 6.33. The smallest absolute Gasteiger partial charge is 0.269 e. The van der Waals surface area contributed by atoms with Crippen LogP contribution in [0.2, 0.25) is 5.02 Å². The van der Waals surface area contributed by atoms with Crippen molar-refractivity contribution in [3.8, 4) is 0 Å². The minimum absolute atomic E-state index is 0.0989. The van der Waals surface area contributed by atoms with Gasteiger partial charge in [0.25, 0.3) is 5.91 Å². The number of rotatable bonds is 1. The summed E-state index contributed by atoms with van der Waals surface area (Å²) in [5, 5.41) is 3.16. The van der Waals surface area contributed by atoms with Crippen LogP contribution < -0.4 is 5.32 Å². The summed E-state index contributed by atoms with van der Waals surface area (Å²) in [6.07, 6.45) is 2.13. The van der Waals surface area contributed by atoms with Crippen LogP contribution in [0.25, 0.3) is 0 Å². The van der Waals surface area contributed by atoms with E-state index in [1.54, 1.807) is 7.05 Å². The Bertz CT molecular complexity index is 357. The number of fused-ring (bicyclic) bond motifs is 1. The van der Waals surface area contributed by atoms with Crippen molar-refractivity contribution in [1.82, 2.24) is 9.88 Å². The first-order valence-electron chi connectivity index (χ1n) is 4.34. The van der Waals surface area contributed by atoms with Crippen LogP contribution >= 0.6 is 11.6 Å². The molecule has 0 bridgehead atoms. The maximum absolute atomic E-state index is 11.4. The molecule has 1 amide bonds. The molecule has 0 saturated carbocycles. The summed E-state index contributed by atoms with van der Waals surface area (Å²) < 4.78 is 2.00. The zero-order chi connectivity index (χ0) is 9.42. The number of carbonyl (C=O) groups excluding carboxylic acids is 1. The number of aryl methyl sites for hydroxylation is 1. The lowest BCUT2D eigenvalue weighted by molar-refractivity contribution is 0.0954. The fourth-order valence-corrected chi connectivity index (χ4v) is 2.11. The highest BCUT2D eigenvalue weighted by Gasteiger charge is 2.22. The fourth-order valence-electron chi connectivity index (χ4n) is 1.80. The van der Waals surface area contributed by atoms with E-state index in [2.05, 4.69) is 5.32 Å². The molecular weight excluding hydrogens is 188 g/mol. The van der Waals surface area contributed by atoms with Crippen molar-refractivity contribution in [2.45, 2.75) is 19.4 Å². The van der Waals surface area contributed by atoms with Crippen molar-refractivity contribution in [3.63, 3.8) is 0 Å². The molecule has 0 radical (unpaired) electrons. The second-order valence-corrected chi connectivity index (χ2v) is 3.57. The Kier molecular flexibility index (Phi) is 2.04. The van der Waals surface area contributed by atoms with Gasteiger partial charge in [-0.25, -0.2) is 0 Å². The largest absolute Gasteiger partial charge is 0.354 e. The van der Waals surface area contributed by atoms with Gasteiger partial charge in [0, 0.05) is 19.3 Å². The molecule has 0 unspecified atom stereocenters. The molecule has 1 aromatic heterocycles. The van der Waals surface area contributed by atoms with Gasteiger partial charge in [-0.2, -0.15) is 0 Å². The molecule has 0 fully saturated rings. The molecule has 0 aliphatic carbocycles. The van der Waals surface area contributed by atoms with Crippen molar-refractivity contribution in [1.29, 1.82) is 0 Å². The molecule has 1 aromatic rings. The van der Waals surface area contributed by atoms with Gasteiger partial charge in [-0.15, -0.1) is 0 Å². The van der Waals surface area contributed by atoms with E-state index in [0.29, 0.717) is 10.7 Å². The van der Waals surface area contributed by atoms with Crippen LogP contribution in [0.3, 0.4) is 0 Å². The first kappa shape index (κ1) is 8.63. The quantitative estimate of drug-likeness (QED) is 0.728. The zero-order valence-corrected chi connectivity index (χ0v) is 8.19. The Morgan fingerprint density at radius 1 is 1.69 bits per heavy atom. The maximum Gasteiger partial charge on any atom is 0.269 e. The van der Waals surface area contributed by atoms with E-state index in [1.807, 2.05) is 10.6 Å². The third-order valence-corrected chi connectivity index (χ3v) is 2.68. The molecule has 4 heteroatoms.